The summed E-state index contributed by atoms with van der Waals surface area (Å²) in [6.45, 7) is 4.59. The van der Waals surface area contributed by atoms with E-state index >= 15 is 0 Å². The van der Waals surface area contributed by atoms with Gasteiger partial charge in [-0.1, -0.05) is 23.7 Å². The third-order valence-electron chi connectivity index (χ3n) is 5.37. The first kappa shape index (κ1) is 23.9. The van der Waals surface area contributed by atoms with Crippen molar-refractivity contribution in [3.05, 3.63) is 60.1 Å². The molecule has 2 heterocycles. The Labute approximate surface area is 197 Å². The zero-order valence-corrected chi connectivity index (χ0v) is 19.8. The van der Waals surface area contributed by atoms with Gasteiger partial charge in [0.2, 0.25) is 15.8 Å². The Morgan fingerprint density at radius 3 is 2.59 bits per heavy atom. The van der Waals surface area contributed by atoms with Crippen molar-refractivity contribution in [1.82, 2.24) is 9.46 Å². The molecule has 10 heteroatoms. The third-order valence-corrected chi connectivity index (χ3v) is 7.26. The van der Waals surface area contributed by atoms with Crippen molar-refractivity contribution in [2.45, 2.75) is 44.1 Å². The van der Waals surface area contributed by atoms with E-state index in [9.17, 15) is 17.6 Å². The average molecular weight is 488 g/mol. The van der Waals surface area contributed by atoms with E-state index in [1.165, 1.54) is 46.8 Å². The number of ether oxygens (including phenoxy) is 1. The molecule has 1 saturated heterocycles. The number of aromatic nitrogens is 1. The second-order valence-electron chi connectivity index (χ2n) is 8.33. The van der Waals surface area contributed by atoms with Crippen molar-refractivity contribution in [1.29, 1.82) is 0 Å². The van der Waals surface area contributed by atoms with Gasteiger partial charge in [-0.2, -0.15) is 4.31 Å². The summed E-state index contributed by atoms with van der Waals surface area (Å²) < 4.78 is 52.2. The zero-order chi connectivity index (χ0) is 24.3. The van der Waals surface area contributed by atoms with E-state index in [2.05, 4.69) is 10.5 Å². The molecule has 1 amide bonds. The van der Waals surface area contributed by atoms with Crippen LogP contribution in [0.3, 0.4) is 0 Å². The van der Waals surface area contributed by atoms with Crippen LogP contribution in [0.15, 0.2) is 57.9 Å². The van der Waals surface area contributed by atoms with Crippen LogP contribution >= 0.6 is 0 Å². The van der Waals surface area contributed by atoms with Gasteiger partial charge in [-0.25, -0.2) is 12.8 Å². The second kappa shape index (κ2) is 9.94. The van der Waals surface area contributed by atoms with Gasteiger partial charge in [-0.15, -0.1) is 0 Å². The predicted molar refractivity (Wildman–Crippen MR) is 125 cm³/mol. The zero-order valence-electron chi connectivity index (χ0n) is 19.0. The van der Waals surface area contributed by atoms with Crippen LogP contribution in [-0.2, 0) is 10.0 Å². The smallest absolute Gasteiger partial charge is 0.294 e. The van der Waals surface area contributed by atoms with Gasteiger partial charge in [-0.3, -0.25) is 4.79 Å². The van der Waals surface area contributed by atoms with Crippen molar-refractivity contribution in [3.8, 4) is 17.0 Å². The molecule has 0 spiro atoms. The van der Waals surface area contributed by atoms with Crippen molar-refractivity contribution >= 4 is 21.6 Å². The Kier molecular flexibility index (Phi) is 6.99. The highest BCUT2D eigenvalue weighted by Crippen LogP contribution is 2.31. The Hall–Kier alpha value is -3.24. The van der Waals surface area contributed by atoms with Gasteiger partial charge in [0.05, 0.1) is 16.7 Å². The largest absolute Gasteiger partial charge is 0.489 e. The van der Waals surface area contributed by atoms with Crippen LogP contribution in [0.5, 0.6) is 5.75 Å². The lowest BCUT2D eigenvalue weighted by molar-refractivity contribution is 0.0987. The fraction of sp³-hybridized carbons (Fsp3) is 0.333. The van der Waals surface area contributed by atoms with Crippen LogP contribution < -0.4 is 10.1 Å². The molecule has 0 atom stereocenters. The molecule has 1 fully saturated rings. The molecule has 1 N–H and O–H groups in total. The van der Waals surface area contributed by atoms with Gasteiger partial charge < -0.3 is 14.6 Å². The highest BCUT2D eigenvalue weighted by molar-refractivity contribution is 7.89. The summed E-state index contributed by atoms with van der Waals surface area (Å²) in [5, 5.41) is 6.51. The van der Waals surface area contributed by atoms with E-state index in [0.717, 1.165) is 19.3 Å². The number of carbonyl (C=O) groups excluding carboxylic acids is 1. The summed E-state index contributed by atoms with van der Waals surface area (Å²) in [7, 11) is -3.71. The minimum Gasteiger partial charge on any atom is -0.489 e. The highest BCUT2D eigenvalue weighted by Gasteiger charge is 2.27. The number of halogens is 1. The molecule has 0 saturated carbocycles. The number of piperidine rings is 1. The molecular weight excluding hydrogens is 461 g/mol. The normalized spacial score (nSPS) is 14.8. The molecule has 1 aliphatic heterocycles. The van der Waals surface area contributed by atoms with Crippen LogP contribution in [0.25, 0.3) is 11.3 Å². The number of sulfonamides is 1. The van der Waals surface area contributed by atoms with Crippen molar-refractivity contribution in [3.63, 3.8) is 0 Å². The molecule has 34 heavy (non-hydrogen) atoms. The Bertz CT molecular complexity index is 1280. The lowest BCUT2D eigenvalue weighted by atomic mass is 10.1. The number of carbonyl (C=O) groups is 1. The Balaban J connectivity index is 1.62. The molecule has 0 bridgehead atoms. The fourth-order valence-electron chi connectivity index (χ4n) is 3.73. The number of amides is 1. The summed E-state index contributed by atoms with van der Waals surface area (Å²) in [6, 6.07) is 11.6. The standard InChI is InChI=1S/C24H26FN3O5S/c1-16(2)32-22-10-9-19(34(30,31)28-11-4-3-5-12-28)14-21(22)26-24(29)23-15-20(27-33-23)17-7-6-8-18(25)13-17/h6-10,13-16H,3-5,11-12H2,1-2H3,(H,26,29). The molecule has 0 unspecified atom stereocenters. The molecule has 2 aromatic carbocycles. The molecule has 8 nitrogen and oxygen atoms in total. The predicted octanol–water partition coefficient (Wildman–Crippen LogP) is 4.69. The molecule has 0 aliphatic carbocycles. The maximum atomic E-state index is 13.5. The first-order chi connectivity index (χ1) is 16.2. The minimum absolute atomic E-state index is 0.0684. The van der Waals surface area contributed by atoms with E-state index in [1.807, 2.05) is 13.8 Å². The summed E-state index contributed by atoms with van der Waals surface area (Å²) in [4.78, 5) is 13.0. The van der Waals surface area contributed by atoms with Gasteiger partial charge in [-0.05, 0) is 57.0 Å². The third kappa shape index (κ3) is 5.28. The summed E-state index contributed by atoms with van der Waals surface area (Å²) in [5.41, 5.74) is 0.950. The Morgan fingerprint density at radius 2 is 1.88 bits per heavy atom. The van der Waals surface area contributed by atoms with Gasteiger partial charge in [0.1, 0.15) is 17.3 Å². The van der Waals surface area contributed by atoms with E-state index in [4.69, 9.17) is 9.26 Å². The first-order valence-corrected chi connectivity index (χ1v) is 12.5. The number of rotatable bonds is 7. The number of hydrogen-bond acceptors (Lipinski definition) is 6. The van der Waals surface area contributed by atoms with Crippen molar-refractivity contribution in [2.75, 3.05) is 18.4 Å². The van der Waals surface area contributed by atoms with Crippen LogP contribution in [0, 0.1) is 5.82 Å². The van der Waals surface area contributed by atoms with Crippen LogP contribution in [0.2, 0.25) is 0 Å². The lowest BCUT2D eigenvalue weighted by Crippen LogP contribution is -2.35. The number of nitrogens with one attached hydrogen (secondary N) is 1. The number of benzene rings is 2. The average Bonchev–Trinajstić information content (AvgIpc) is 3.31. The molecular formula is C24H26FN3O5S. The van der Waals surface area contributed by atoms with Crippen LogP contribution in [0.4, 0.5) is 10.1 Å². The summed E-state index contributed by atoms with van der Waals surface area (Å²) in [6.07, 6.45) is 2.43. The van der Waals surface area contributed by atoms with E-state index in [1.54, 1.807) is 6.07 Å². The second-order valence-corrected chi connectivity index (χ2v) is 10.3. The first-order valence-electron chi connectivity index (χ1n) is 11.1. The minimum atomic E-state index is -3.71. The number of hydrogen-bond donors (Lipinski definition) is 1. The maximum Gasteiger partial charge on any atom is 0.294 e. The lowest BCUT2D eigenvalue weighted by Gasteiger charge is -2.26. The van der Waals surface area contributed by atoms with Gasteiger partial charge in [0.25, 0.3) is 5.91 Å². The number of nitrogens with zero attached hydrogens (tertiary/aromatic N) is 2. The number of anilines is 1. The summed E-state index contributed by atoms with van der Waals surface area (Å²) >= 11 is 0. The highest BCUT2D eigenvalue weighted by atomic mass is 32.2. The van der Waals surface area contributed by atoms with Crippen LogP contribution in [-0.4, -0.2) is 43.0 Å². The Morgan fingerprint density at radius 1 is 1.12 bits per heavy atom. The fourth-order valence-corrected chi connectivity index (χ4v) is 5.27. The van der Waals surface area contributed by atoms with Gasteiger partial charge >= 0.3 is 0 Å². The SMILES string of the molecule is CC(C)Oc1ccc(S(=O)(=O)N2CCCCC2)cc1NC(=O)c1cc(-c2cccc(F)c2)no1. The molecule has 1 aromatic heterocycles. The van der Waals surface area contributed by atoms with Crippen molar-refractivity contribution in [2.24, 2.45) is 0 Å². The monoisotopic (exact) mass is 487 g/mol. The molecule has 4 rings (SSSR count). The molecule has 1 aliphatic rings. The summed E-state index contributed by atoms with van der Waals surface area (Å²) in [5.74, 6) is -0.866. The van der Waals surface area contributed by atoms with E-state index < -0.39 is 21.7 Å². The van der Waals surface area contributed by atoms with E-state index in [-0.39, 0.29) is 22.4 Å². The van der Waals surface area contributed by atoms with E-state index in [0.29, 0.717) is 30.1 Å². The topological polar surface area (TPSA) is 102 Å². The van der Waals surface area contributed by atoms with Crippen LogP contribution in [0.1, 0.15) is 43.7 Å². The quantitative estimate of drug-likeness (QED) is 0.519. The maximum absolute atomic E-state index is 13.5. The molecule has 3 aromatic rings. The van der Waals surface area contributed by atoms with Gasteiger partial charge in [0, 0.05) is 24.7 Å². The molecule has 0 radical (unpaired) electrons. The van der Waals surface area contributed by atoms with Crippen molar-refractivity contribution < 1.29 is 26.9 Å². The molecule has 180 valence electrons. The van der Waals surface area contributed by atoms with Gasteiger partial charge in [0.15, 0.2) is 0 Å².